The number of hydrogen-bond donors (Lipinski definition) is 10. The molecule has 4 amide bonds. The predicted molar refractivity (Wildman–Crippen MR) is 229 cm³/mol. The third-order valence-corrected chi connectivity index (χ3v) is 10.1. The number of carbonyl (C=O) groups excluding carboxylic acids is 5. The summed E-state index contributed by atoms with van der Waals surface area (Å²) in [5, 5.41) is 31.4. The first kappa shape index (κ1) is 53.3. The molecule has 5 atom stereocenters. The number of carbonyl (C=O) groups is 5. The van der Waals surface area contributed by atoms with E-state index in [1.165, 1.54) is 6.92 Å². The van der Waals surface area contributed by atoms with Gasteiger partial charge < -0.3 is 53.2 Å². The molecule has 0 aromatic heterocycles. The van der Waals surface area contributed by atoms with E-state index < -0.39 is 0 Å². The topological polar surface area (TPSA) is 206 Å². The molecule has 10 N–H and O–H groups in total. The summed E-state index contributed by atoms with van der Waals surface area (Å²) in [7, 11) is 11.4. The van der Waals surface area contributed by atoms with Crippen LogP contribution in [-0.2, 0) is 24.0 Å². The monoisotopic (exact) mass is 797 g/mol. The van der Waals surface area contributed by atoms with Crippen molar-refractivity contribution in [2.75, 3.05) is 75.0 Å². The van der Waals surface area contributed by atoms with Crippen molar-refractivity contribution in [1.29, 1.82) is 0 Å². The number of nitrogens with one attached hydrogen (secondary N) is 10. The number of rotatable bonds is 39. The Bertz CT molecular complexity index is 1040. The third-order valence-electron chi connectivity index (χ3n) is 10.1. The molecule has 0 bridgehead atoms. The number of unbranched alkanes of at least 4 members (excludes halogenated alkanes) is 4. The quantitative estimate of drug-likeness (QED) is 0.0405. The van der Waals surface area contributed by atoms with E-state index in [9.17, 15) is 24.0 Å². The molecule has 0 aliphatic rings. The summed E-state index contributed by atoms with van der Waals surface area (Å²) in [5.41, 5.74) is 0. The Labute approximate surface area is 340 Å². The molecular weight excluding hydrogens is 713 g/mol. The summed E-state index contributed by atoms with van der Waals surface area (Å²) in [5.74, 6) is -0.488. The lowest BCUT2D eigenvalue weighted by atomic mass is 10.0. The predicted octanol–water partition coefficient (Wildman–Crippen LogP) is 1.61. The van der Waals surface area contributed by atoms with Crippen LogP contribution in [0.25, 0.3) is 0 Å². The van der Waals surface area contributed by atoms with Crippen molar-refractivity contribution in [3.8, 4) is 0 Å². The molecule has 15 nitrogen and oxygen atoms in total. The SMILES string of the molecule is CNCCCCC(CC(=O)NC(CCCCNC)CC(=O)NCCCC(CC(C)=O)NC(=O)CC(CCCCNC)NC(=O)CC(CCCCNC)NC)NC. The van der Waals surface area contributed by atoms with E-state index in [2.05, 4.69) is 53.2 Å². The minimum absolute atomic E-state index is 0.0283. The van der Waals surface area contributed by atoms with Gasteiger partial charge in [0.1, 0.15) is 5.78 Å². The van der Waals surface area contributed by atoms with Gasteiger partial charge in [0.15, 0.2) is 0 Å². The highest BCUT2D eigenvalue weighted by molar-refractivity contribution is 5.82. The van der Waals surface area contributed by atoms with Gasteiger partial charge in [-0.05, 0) is 140 Å². The Balaban J connectivity index is 5.18. The lowest BCUT2D eigenvalue weighted by Crippen LogP contribution is -2.44. The van der Waals surface area contributed by atoms with Crippen LogP contribution in [0, 0.1) is 0 Å². The molecule has 0 aromatic rings. The van der Waals surface area contributed by atoms with Gasteiger partial charge in [-0.1, -0.05) is 25.7 Å². The van der Waals surface area contributed by atoms with E-state index >= 15 is 0 Å². The van der Waals surface area contributed by atoms with Crippen molar-refractivity contribution in [3.05, 3.63) is 0 Å². The van der Waals surface area contributed by atoms with Gasteiger partial charge >= 0.3 is 0 Å². The van der Waals surface area contributed by atoms with E-state index in [0.29, 0.717) is 45.1 Å². The van der Waals surface area contributed by atoms with Gasteiger partial charge in [0.25, 0.3) is 0 Å². The molecule has 56 heavy (non-hydrogen) atoms. The van der Waals surface area contributed by atoms with E-state index in [1.54, 1.807) is 0 Å². The van der Waals surface area contributed by atoms with Crippen LogP contribution in [0.15, 0.2) is 0 Å². The molecule has 0 rings (SSSR count). The number of Topliss-reactive ketones (excluding diaryl/α,β-unsaturated/α-hetero) is 1. The average Bonchev–Trinajstić information content (AvgIpc) is 3.15. The molecule has 0 heterocycles. The molecule has 328 valence electrons. The molecule has 5 unspecified atom stereocenters. The summed E-state index contributed by atoms with van der Waals surface area (Å²) >= 11 is 0. The standard InChI is InChI=1S/C41H84N10O5/c1-32(52)27-35(49-41(56)31-37(20-11-15-25-45-5)51-40(55)29-34(47-7)18-9-13-23-43-3)21-16-26-48-38(53)30-36(19-10-14-24-44-4)50-39(54)28-33(46-6)17-8-12-22-42-2/h33-37,42-47H,8-31H2,1-7H3,(H,48,53)(H,49,56)(H,50,54)(H,51,55). The number of hydrogen-bond acceptors (Lipinski definition) is 11. The highest BCUT2D eigenvalue weighted by Crippen LogP contribution is 2.12. The Morgan fingerprint density at radius 3 is 1.00 bits per heavy atom. The van der Waals surface area contributed by atoms with Crippen molar-refractivity contribution < 1.29 is 24.0 Å². The van der Waals surface area contributed by atoms with E-state index in [1.807, 2.05) is 42.3 Å². The van der Waals surface area contributed by atoms with Crippen LogP contribution in [0.2, 0.25) is 0 Å². The fraction of sp³-hybridized carbons (Fsp3) is 0.878. The van der Waals surface area contributed by atoms with Crippen molar-refractivity contribution in [1.82, 2.24) is 53.2 Å². The van der Waals surface area contributed by atoms with Crippen molar-refractivity contribution >= 4 is 29.4 Å². The van der Waals surface area contributed by atoms with Gasteiger partial charge in [0.05, 0.1) is 0 Å². The summed E-state index contributed by atoms with van der Waals surface area (Å²) < 4.78 is 0. The summed E-state index contributed by atoms with van der Waals surface area (Å²) in [6, 6.07) is -0.788. The molecule has 0 radical (unpaired) electrons. The molecule has 0 aliphatic heterocycles. The first-order valence-corrected chi connectivity index (χ1v) is 21.6. The van der Waals surface area contributed by atoms with Gasteiger partial charge in [-0.25, -0.2) is 0 Å². The van der Waals surface area contributed by atoms with Crippen LogP contribution >= 0.6 is 0 Å². The van der Waals surface area contributed by atoms with Gasteiger partial charge in [0.2, 0.25) is 23.6 Å². The van der Waals surface area contributed by atoms with Crippen molar-refractivity contribution in [2.24, 2.45) is 0 Å². The highest BCUT2D eigenvalue weighted by Gasteiger charge is 2.22. The zero-order valence-corrected chi connectivity index (χ0v) is 36.4. The summed E-state index contributed by atoms with van der Waals surface area (Å²) in [6.07, 6.45) is 13.3. The fourth-order valence-corrected chi connectivity index (χ4v) is 6.89. The van der Waals surface area contributed by atoms with Gasteiger partial charge in [-0.2, -0.15) is 0 Å². The molecular formula is C41H84N10O5. The van der Waals surface area contributed by atoms with Crippen molar-refractivity contribution in [3.63, 3.8) is 0 Å². The largest absolute Gasteiger partial charge is 0.356 e. The molecule has 0 saturated carbocycles. The first-order chi connectivity index (χ1) is 27.0. The van der Waals surface area contributed by atoms with Crippen LogP contribution in [0.1, 0.15) is 129 Å². The van der Waals surface area contributed by atoms with E-state index in [4.69, 9.17) is 0 Å². The third kappa shape index (κ3) is 31.4. The van der Waals surface area contributed by atoms with Gasteiger partial charge in [0, 0.05) is 68.9 Å². The minimum atomic E-state index is -0.374. The second kappa shape index (κ2) is 36.6. The van der Waals surface area contributed by atoms with Gasteiger partial charge in [-0.15, -0.1) is 0 Å². The fourth-order valence-electron chi connectivity index (χ4n) is 6.89. The second-order valence-corrected chi connectivity index (χ2v) is 15.4. The zero-order valence-electron chi connectivity index (χ0n) is 36.4. The Hall–Kier alpha value is -2.69. The molecule has 0 aliphatic carbocycles. The first-order valence-electron chi connectivity index (χ1n) is 21.6. The van der Waals surface area contributed by atoms with Gasteiger partial charge in [-0.3, -0.25) is 24.0 Å². The lowest BCUT2D eigenvalue weighted by molar-refractivity contribution is -0.126. The zero-order chi connectivity index (χ0) is 41.8. The van der Waals surface area contributed by atoms with Crippen LogP contribution < -0.4 is 53.2 Å². The second-order valence-electron chi connectivity index (χ2n) is 15.4. The van der Waals surface area contributed by atoms with E-state index in [-0.39, 0.29) is 78.9 Å². The van der Waals surface area contributed by atoms with E-state index in [0.717, 1.165) is 90.4 Å². The molecule has 0 fully saturated rings. The van der Waals surface area contributed by atoms with Crippen molar-refractivity contribution in [2.45, 2.75) is 159 Å². The van der Waals surface area contributed by atoms with Crippen LogP contribution in [0.3, 0.4) is 0 Å². The lowest BCUT2D eigenvalue weighted by Gasteiger charge is -2.23. The maximum atomic E-state index is 13.3. The summed E-state index contributed by atoms with van der Waals surface area (Å²) in [4.78, 5) is 64.6. The maximum absolute atomic E-state index is 13.3. The number of amides is 4. The summed E-state index contributed by atoms with van der Waals surface area (Å²) in [6.45, 7) is 5.54. The normalized spacial score (nSPS) is 14.0. The molecule has 0 saturated heterocycles. The average molecular weight is 797 g/mol. The molecule has 0 aromatic carbocycles. The van der Waals surface area contributed by atoms with Crippen LogP contribution in [0.5, 0.6) is 0 Å². The smallest absolute Gasteiger partial charge is 0.222 e. The Morgan fingerprint density at radius 1 is 0.357 bits per heavy atom. The highest BCUT2D eigenvalue weighted by atomic mass is 16.2. The maximum Gasteiger partial charge on any atom is 0.222 e. The Kier molecular flexibility index (Phi) is 34.9. The van der Waals surface area contributed by atoms with Crippen LogP contribution in [0.4, 0.5) is 0 Å². The Morgan fingerprint density at radius 2 is 0.661 bits per heavy atom. The number of ketones is 1. The minimum Gasteiger partial charge on any atom is -0.356 e. The molecule has 0 spiro atoms. The molecule has 15 heteroatoms. The van der Waals surface area contributed by atoms with Crippen LogP contribution in [-0.4, -0.2) is 135 Å².